The Balaban J connectivity index is 3.19. The first-order valence-electron chi connectivity index (χ1n) is 3.98. The van der Waals surface area contributed by atoms with Gasteiger partial charge in [0.2, 0.25) is 0 Å². The molecule has 0 saturated carbocycles. The van der Waals surface area contributed by atoms with E-state index in [4.69, 9.17) is 5.84 Å². The molecular formula is C10H14N2. The lowest BCUT2D eigenvalue weighted by Crippen LogP contribution is -2.08. The third-order valence-electron chi connectivity index (χ3n) is 1.81. The maximum absolute atomic E-state index is 5.37. The molecule has 0 aliphatic heterocycles. The first kappa shape index (κ1) is 8.81. The zero-order chi connectivity index (χ0) is 8.97. The van der Waals surface area contributed by atoms with Gasteiger partial charge in [-0.15, -0.1) is 0 Å². The van der Waals surface area contributed by atoms with Gasteiger partial charge < -0.3 is 5.43 Å². The summed E-state index contributed by atoms with van der Waals surface area (Å²) in [4.78, 5) is 0. The summed E-state index contributed by atoms with van der Waals surface area (Å²) < 4.78 is 0. The van der Waals surface area contributed by atoms with Gasteiger partial charge in [-0.1, -0.05) is 24.3 Å². The van der Waals surface area contributed by atoms with E-state index in [0.29, 0.717) is 0 Å². The van der Waals surface area contributed by atoms with E-state index in [0.717, 1.165) is 11.3 Å². The van der Waals surface area contributed by atoms with Crippen LogP contribution in [0.25, 0.3) is 6.08 Å². The smallest absolute Gasteiger partial charge is 0.0559 e. The van der Waals surface area contributed by atoms with E-state index >= 15 is 0 Å². The van der Waals surface area contributed by atoms with Gasteiger partial charge in [-0.2, -0.15) is 0 Å². The summed E-state index contributed by atoms with van der Waals surface area (Å²) in [6.07, 6.45) is 4.05. The van der Waals surface area contributed by atoms with Gasteiger partial charge in [0.25, 0.3) is 0 Å². The minimum Gasteiger partial charge on any atom is -0.324 e. The van der Waals surface area contributed by atoms with Crippen LogP contribution in [-0.2, 0) is 0 Å². The molecule has 12 heavy (non-hydrogen) atoms. The van der Waals surface area contributed by atoms with Gasteiger partial charge >= 0.3 is 0 Å². The van der Waals surface area contributed by atoms with Gasteiger partial charge in [0, 0.05) is 5.56 Å². The van der Waals surface area contributed by atoms with Crippen molar-refractivity contribution in [3.05, 3.63) is 35.4 Å². The van der Waals surface area contributed by atoms with Gasteiger partial charge in [0.1, 0.15) is 0 Å². The first-order valence-corrected chi connectivity index (χ1v) is 3.98. The van der Waals surface area contributed by atoms with Crippen molar-refractivity contribution >= 4 is 11.8 Å². The number of hydrogen-bond donors (Lipinski definition) is 2. The standard InChI is InChI=1S/C10H14N2/c1-3-5-9-8(2)6-4-7-10(9)12-11/h3-7,12H,11H2,1-2H3/b5-3+. The molecule has 1 aromatic rings. The lowest BCUT2D eigenvalue weighted by molar-refractivity contribution is 1.32. The van der Waals surface area contributed by atoms with Gasteiger partial charge in [0.15, 0.2) is 0 Å². The fraction of sp³-hybridized carbons (Fsp3) is 0.200. The molecule has 1 aromatic carbocycles. The molecule has 0 aliphatic rings. The Morgan fingerprint density at radius 3 is 2.75 bits per heavy atom. The lowest BCUT2D eigenvalue weighted by Gasteiger charge is -2.07. The topological polar surface area (TPSA) is 38.0 Å². The minimum atomic E-state index is 0.966. The molecule has 0 amide bonds. The molecule has 0 saturated heterocycles. The van der Waals surface area contributed by atoms with Crippen molar-refractivity contribution in [3.63, 3.8) is 0 Å². The predicted molar refractivity (Wildman–Crippen MR) is 53.7 cm³/mol. The molecule has 3 N–H and O–H groups in total. The van der Waals surface area contributed by atoms with E-state index in [1.807, 2.05) is 31.2 Å². The highest BCUT2D eigenvalue weighted by molar-refractivity contribution is 5.68. The third-order valence-corrected chi connectivity index (χ3v) is 1.81. The number of nitrogens with two attached hydrogens (primary N) is 1. The average molecular weight is 162 g/mol. The van der Waals surface area contributed by atoms with E-state index in [-0.39, 0.29) is 0 Å². The highest BCUT2D eigenvalue weighted by atomic mass is 15.2. The Labute approximate surface area is 73.1 Å². The molecule has 0 atom stereocenters. The highest BCUT2D eigenvalue weighted by Gasteiger charge is 1.98. The second-order valence-electron chi connectivity index (χ2n) is 2.68. The summed E-state index contributed by atoms with van der Waals surface area (Å²) in [5, 5.41) is 0. The SMILES string of the molecule is C/C=C/c1c(C)cccc1NN. The van der Waals surface area contributed by atoms with Crippen molar-refractivity contribution in [1.29, 1.82) is 0 Å². The Kier molecular flexibility index (Phi) is 2.88. The van der Waals surface area contributed by atoms with Crippen LogP contribution in [0, 0.1) is 6.92 Å². The molecule has 0 aromatic heterocycles. The number of allylic oxidation sites excluding steroid dienone is 1. The molecule has 0 heterocycles. The summed E-state index contributed by atoms with van der Waals surface area (Å²) in [5.41, 5.74) is 6.02. The molecule has 0 spiro atoms. The lowest BCUT2D eigenvalue weighted by atomic mass is 10.1. The number of aryl methyl sites for hydroxylation is 1. The second-order valence-corrected chi connectivity index (χ2v) is 2.68. The van der Waals surface area contributed by atoms with Crippen LogP contribution in [0.1, 0.15) is 18.1 Å². The summed E-state index contributed by atoms with van der Waals surface area (Å²) in [5.74, 6) is 5.37. The van der Waals surface area contributed by atoms with Gasteiger partial charge in [-0.3, -0.25) is 5.84 Å². The molecule has 0 radical (unpaired) electrons. The number of hydrazine groups is 1. The van der Waals surface area contributed by atoms with Crippen molar-refractivity contribution < 1.29 is 0 Å². The van der Waals surface area contributed by atoms with Crippen molar-refractivity contribution in [3.8, 4) is 0 Å². The Morgan fingerprint density at radius 2 is 2.17 bits per heavy atom. The normalized spacial score (nSPS) is 10.6. The van der Waals surface area contributed by atoms with Crippen LogP contribution in [0.15, 0.2) is 24.3 Å². The monoisotopic (exact) mass is 162 g/mol. The fourth-order valence-electron chi connectivity index (χ4n) is 1.19. The number of rotatable bonds is 2. The van der Waals surface area contributed by atoms with E-state index < -0.39 is 0 Å². The molecular weight excluding hydrogens is 148 g/mol. The van der Waals surface area contributed by atoms with Crippen LogP contribution < -0.4 is 11.3 Å². The maximum Gasteiger partial charge on any atom is 0.0559 e. The minimum absolute atomic E-state index is 0.966. The Morgan fingerprint density at radius 1 is 1.42 bits per heavy atom. The van der Waals surface area contributed by atoms with Crippen molar-refractivity contribution in [2.24, 2.45) is 5.84 Å². The van der Waals surface area contributed by atoms with E-state index in [1.165, 1.54) is 5.56 Å². The largest absolute Gasteiger partial charge is 0.324 e. The quantitative estimate of drug-likeness (QED) is 0.517. The molecule has 64 valence electrons. The molecule has 0 bridgehead atoms. The van der Waals surface area contributed by atoms with Crippen LogP contribution >= 0.6 is 0 Å². The van der Waals surface area contributed by atoms with E-state index in [1.54, 1.807) is 0 Å². The number of nitrogens with one attached hydrogen (secondary N) is 1. The predicted octanol–water partition coefficient (Wildman–Crippen LogP) is 2.31. The van der Waals surface area contributed by atoms with Crippen LogP contribution in [0.4, 0.5) is 5.69 Å². The summed E-state index contributed by atoms with van der Waals surface area (Å²) >= 11 is 0. The molecule has 0 unspecified atom stereocenters. The number of nitrogen functional groups attached to an aromatic ring is 1. The van der Waals surface area contributed by atoms with Crippen LogP contribution in [0.5, 0.6) is 0 Å². The van der Waals surface area contributed by atoms with Gasteiger partial charge in [-0.05, 0) is 25.5 Å². The maximum atomic E-state index is 5.37. The van der Waals surface area contributed by atoms with E-state index in [9.17, 15) is 0 Å². The number of benzene rings is 1. The van der Waals surface area contributed by atoms with Crippen LogP contribution in [-0.4, -0.2) is 0 Å². The Bertz CT molecular complexity index is 290. The second kappa shape index (κ2) is 3.93. The molecule has 2 heteroatoms. The average Bonchev–Trinajstić information content (AvgIpc) is 2.09. The van der Waals surface area contributed by atoms with Crippen molar-refractivity contribution in [2.75, 3.05) is 5.43 Å². The zero-order valence-electron chi connectivity index (χ0n) is 7.46. The van der Waals surface area contributed by atoms with Crippen molar-refractivity contribution in [2.45, 2.75) is 13.8 Å². The zero-order valence-corrected chi connectivity index (χ0v) is 7.46. The number of anilines is 1. The number of hydrogen-bond acceptors (Lipinski definition) is 2. The van der Waals surface area contributed by atoms with Gasteiger partial charge in [-0.25, -0.2) is 0 Å². The summed E-state index contributed by atoms with van der Waals surface area (Å²) in [7, 11) is 0. The molecule has 0 fully saturated rings. The molecule has 0 aliphatic carbocycles. The Hall–Kier alpha value is -1.28. The highest BCUT2D eigenvalue weighted by Crippen LogP contribution is 2.19. The van der Waals surface area contributed by atoms with Crippen LogP contribution in [0.3, 0.4) is 0 Å². The van der Waals surface area contributed by atoms with E-state index in [2.05, 4.69) is 18.4 Å². The third kappa shape index (κ3) is 1.66. The van der Waals surface area contributed by atoms with Crippen LogP contribution in [0.2, 0.25) is 0 Å². The fourth-order valence-corrected chi connectivity index (χ4v) is 1.19. The first-order chi connectivity index (χ1) is 5.79. The van der Waals surface area contributed by atoms with Gasteiger partial charge in [0.05, 0.1) is 5.69 Å². The molecule has 2 nitrogen and oxygen atoms in total. The summed E-state index contributed by atoms with van der Waals surface area (Å²) in [6.45, 7) is 4.06. The summed E-state index contributed by atoms with van der Waals surface area (Å²) in [6, 6.07) is 6.01. The van der Waals surface area contributed by atoms with Crippen molar-refractivity contribution in [1.82, 2.24) is 0 Å². The molecule has 1 rings (SSSR count).